The molecule has 0 N–H and O–H groups in total. The van der Waals surface area contributed by atoms with E-state index in [2.05, 4.69) is 5.10 Å². The summed E-state index contributed by atoms with van der Waals surface area (Å²) in [5.41, 5.74) is -2.10. The smallest absolute Gasteiger partial charge is 0.245 e. The number of halogens is 3. The minimum Gasteiger partial charge on any atom is -0.245 e. The van der Waals surface area contributed by atoms with Crippen LogP contribution in [-0.4, -0.2) is 29.7 Å². The lowest BCUT2D eigenvalue weighted by molar-refractivity contribution is 0.143. The molecule has 2 rings (SSSR count). The second-order valence-corrected chi connectivity index (χ2v) is 7.26. The Morgan fingerprint density at radius 2 is 2.21 bits per heavy atom. The van der Waals surface area contributed by atoms with E-state index < -0.39 is 33.1 Å². The van der Waals surface area contributed by atoms with Crippen molar-refractivity contribution >= 4 is 21.4 Å². The highest BCUT2D eigenvalue weighted by atomic mass is 35.5. The predicted molar refractivity (Wildman–Crippen MR) is 63.8 cm³/mol. The quantitative estimate of drug-likeness (QED) is 0.836. The maximum absolute atomic E-state index is 12.8. The molecular weight excluding hydrogens is 300 g/mol. The van der Waals surface area contributed by atoms with E-state index in [-0.39, 0.29) is 23.1 Å². The number of hydrogen-bond acceptors (Lipinski definition) is 4. The van der Waals surface area contributed by atoms with Gasteiger partial charge in [-0.2, -0.15) is 10.4 Å². The molecule has 1 unspecified atom stereocenters. The number of aromatic nitrogens is 2. The maximum Gasteiger partial charge on any atom is 0.283 e. The Morgan fingerprint density at radius 1 is 1.58 bits per heavy atom. The molecule has 2 heterocycles. The number of hydrogen-bond donors (Lipinski definition) is 0. The van der Waals surface area contributed by atoms with Gasteiger partial charge in [0.25, 0.3) is 6.43 Å². The SMILES string of the molecule is CC1(n2nc(C(F)F)c(C#N)c2Cl)CCS(=O)(=O)C1. The molecule has 0 amide bonds. The number of nitriles is 1. The molecule has 0 aromatic carbocycles. The Hall–Kier alpha value is -1.20. The van der Waals surface area contributed by atoms with Crippen molar-refractivity contribution < 1.29 is 17.2 Å². The van der Waals surface area contributed by atoms with Crippen LogP contribution in [0.1, 0.15) is 31.0 Å². The molecule has 19 heavy (non-hydrogen) atoms. The molecule has 0 spiro atoms. The van der Waals surface area contributed by atoms with Gasteiger partial charge in [0.05, 0.1) is 17.0 Å². The molecule has 1 saturated heterocycles. The zero-order valence-corrected chi connectivity index (χ0v) is 11.5. The zero-order chi connectivity index (χ0) is 14.4. The summed E-state index contributed by atoms with van der Waals surface area (Å²) in [7, 11) is -3.24. The molecule has 0 aliphatic carbocycles. The summed E-state index contributed by atoms with van der Waals surface area (Å²) in [6, 6.07) is 1.58. The van der Waals surface area contributed by atoms with Gasteiger partial charge in [-0.15, -0.1) is 0 Å². The second kappa shape index (κ2) is 4.42. The lowest BCUT2D eigenvalue weighted by Crippen LogP contribution is -2.32. The standard InChI is InChI=1S/C10H10ClF2N3O2S/c1-10(2-3-19(17,18)5-10)16-8(11)6(4-14)7(15-16)9(12)13/h9H,2-3,5H2,1H3. The molecule has 1 aliphatic heterocycles. The third-order valence-corrected chi connectivity index (χ3v) is 5.41. The van der Waals surface area contributed by atoms with Gasteiger partial charge in [0, 0.05) is 0 Å². The van der Waals surface area contributed by atoms with Crippen molar-refractivity contribution in [2.75, 3.05) is 11.5 Å². The summed E-state index contributed by atoms with van der Waals surface area (Å²) in [5.74, 6) is -0.277. The first-order valence-corrected chi connectivity index (χ1v) is 7.58. The topological polar surface area (TPSA) is 75.8 Å². The second-order valence-electron chi connectivity index (χ2n) is 4.71. The minimum absolute atomic E-state index is 0.0500. The molecule has 9 heteroatoms. The normalized spacial score (nSPS) is 25.7. The summed E-state index contributed by atoms with van der Waals surface area (Å²) in [6.07, 6.45) is -2.71. The third-order valence-electron chi connectivity index (χ3n) is 3.17. The van der Waals surface area contributed by atoms with Gasteiger partial charge in [-0.1, -0.05) is 11.6 Å². The van der Waals surface area contributed by atoms with Crippen LogP contribution in [-0.2, 0) is 15.4 Å². The van der Waals surface area contributed by atoms with Crippen molar-refractivity contribution in [2.24, 2.45) is 0 Å². The Balaban J connectivity index is 2.56. The molecule has 5 nitrogen and oxygen atoms in total. The zero-order valence-electron chi connectivity index (χ0n) is 9.90. The maximum atomic E-state index is 12.8. The molecular formula is C10H10ClF2N3O2S. The van der Waals surface area contributed by atoms with Crippen LogP contribution in [0.15, 0.2) is 0 Å². The monoisotopic (exact) mass is 309 g/mol. The largest absolute Gasteiger partial charge is 0.283 e. The number of rotatable bonds is 2. The molecule has 0 radical (unpaired) electrons. The Bertz CT molecular complexity index is 665. The van der Waals surface area contributed by atoms with Crippen LogP contribution in [0.2, 0.25) is 5.15 Å². The van der Waals surface area contributed by atoms with Gasteiger partial charge in [-0.3, -0.25) is 0 Å². The third kappa shape index (κ3) is 2.32. The van der Waals surface area contributed by atoms with E-state index in [0.29, 0.717) is 0 Å². The first-order valence-electron chi connectivity index (χ1n) is 5.38. The Kier molecular flexibility index (Phi) is 3.31. The van der Waals surface area contributed by atoms with E-state index in [1.807, 2.05) is 0 Å². The van der Waals surface area contributed by atoms with Gasteiger partial charge >= 0.3 is 0 Å². The summed E-state index contributed by atoms with van der Waals surface area (Å²) >= 11 is 5.89. The Morgan fingerprint density at radius 3 is 2.58 bits per heavy atom. The summed E-state index contributed by atoms with van der Waals surface area (Å²) in [6.45, 7) is 1.58. The molecule has 104 valence electrons. The molecule has 0 bridgehead atoms. The number of alkyl halides is 2. The highest BCUT2D eigenvalue weighted by molar-refractivity contribution is 7.91. The summed E-state index contributed by atoms with van der Waals surface area (Å²) in [4.78, 5) is 0. The van der Waals surface area contributed by atoms with Gasteiger partial charge in [0.1, 0.15) is 22.5 Å². The van der Waals surface area contributed by atoms with Gasteiger partial charge in [0.2, 0.25) is 0 Å². The van der Waals surface area contributed by atoms with Gasteiger partial charge in [-0.25, -0.2) is 21.9 Å². The van der Waals surface area contributed by atoms with Crippen molar-refractivity contribution in [3.05, 3.63) is 16.4 Å². The fourth-order valence-electron chi connectivity index (χ4n) is 2.19. The number of sulfone groups is 1. The minimum atomic E-state index is -3.24. The van der Waals surface area contributed by atoms with Crippen LogP contribution in [0, 0.1) is 11.3 Å². The van der Waals surface area contributed by atoms with Crippen LogP contribution in [0.5, 0.6) is 0 Å². The predicted octanol–water partition coefficient (Wildman–Crippen LogP) is 1.88. The molecule has 1 aliphatic rings. The van der Waals surface area contributed by atoms with E-state index in [4.69, 9.17) is 16.9 Å². The van der Waals surface area contributed by atoms with Crippen LogP contribution < -0.4 is 0 Å². The van der Waals surface area contributed by atoms with E-state index >= 15 is 0 Å². The average Bonchev–Trinajstić information content (AvgIpc) is 2.77. The van der Waals surface area contributed by atoms with Crippen LogP contribution in [0.3, 0.4) is 0 Å². The average molecular weight is 310 g/mol. The first-order chi connectivity index (χ1) is 8.70. The van der Waals surface area contributed by atoms with Crippen LogP contribution in [0.4, 0.5) is 8.78 Å². The summed E-state index contributed by atoms with van der Waals surface area (Å²) in [5, 5.41) is 12.3. The first kappa shape index (κ1) is 14.2. The van der Waals surface area contributed by atoms with E-state index in [9.17, 15) is 17.2 Å². The van der Waals surface area contributed by atoms with Gasteiger partial charge < -0.3 is 0 Å². The summed E-state index contributed by atoms with van der Waals surface area (Å²) < 4.78 is 49.6. The fourth-order valence-corrected chi connectivity index (χ4v) is 4.68. The van der Waals surface area contributed by atoms with Crippen molar-refractivity contribution in [1.29, 1.82) is 5.26 Å². The molecule has 1 aromatic rings. The van der Waals surface area contributed by atoms with Gasteiger partial charge in [-0.05, 0) is 13.3 Å². The lowest BCUT2D eigenvalue weighted by Gasteiger charge is -2.23. The fraction of sp³-hybridized carbons (Fsp3) is 0.600. The van der Waals surface area contributed by atoms with Crippen molar-refractivity contribution in [3.8, 4) is 6.07 Å². The molecule has 0 saturated carbocycles. The van der Waals surface area contributed by atoms with Crippen LogP contribution >= 0.6 is 11.6 Å². The molecule has 1 fully saturated rings. The number of nitrogens with zero attached hydrogens (tertiary/aromatic N) is 3. The molecule has 1 atom stereocenters. The van der Waals surface area contributed by atoms with Crippen molar-refractivity contribution in [1.82, 2.24) is 9.78 Å². The highest BCUT2D eigenvalue weighted by Crippen LogP contribution is 2.36. The lowest BCUT2D eigenvalue weighted by atomic mass is 10.0. The van der Waals surface area contributed by atoms with E-state index in [1.54, 1.807) is 13.0 Å². The molecule has 1 aromatic heterocycles. The Labute approximate surface area is 113 Å². The van der Waals surface area contributed by atoms with Gasteiger partial charge in [0.15, 0.2) is 9.84 Å². The highest BCUT2D eigenvalue weighted by Gasteiger charge is 2.43. The van der Waals surface area contributed by atoms with E-state index in [1.165, 1.54) is 0 Å². The van der Waals surface area contributed by atoms with Crippen molar-refractivity contribution in [2.45, 2.75) is 25.3 Å². The van der Waals surface area contributed by atoms with E-state index in [0.717, 1.165) is 4.68 Å². The van der Waals surface area contributed by atoms with Crippen LogP contribution in [0.25, 0.3) is 0 Å². The van der Waals surface area contributed by atoms with Crippen molar-refractivity contribution in [3.63, 3.8) is 0 Å².